The number of carbonyl (C=O) groups is 5. The van der Waals surface area contributed by atoms with Gasteiger partial charge in [0.1, 0.15) is 23.9 Å². The molecule has 0 bridgehead atoms. The van der Waals surface area contributed by atoms with Crippen molar-refractivity contribution in [1.29, 1.82) is 0 Å². The number of amides is 4. The molecule has 0 fully saturated rings. The van der Waals surface area contributed by atoms with Gasteiger partial charge in [-0.3, -0.25) is 19.2 Å². The molecule has 0 saturated heterocycles. The number of nitrogens with two attached hydrogens (primary N) is 1. The van der Waals surface area contributed by atoms with Crippen molar-refractivity contribution in [3.05, 3.63) is 65.7 Å². The van der Waals surface area contributed by atoms with Crippen LogP contribution in [0.1, 0.15) is 45.2 Å². The first-order valence-electron chi connectivity index (χ1n) is 14.3. The van der Waals surface area contributed by atoms with Gasteiger partial charge in [0.25, 0.3) is 0 Å². The number of nitrogens with one attached hydrogen (secondary N) is 4. The van der Waals surface area contributed by atoms with Gasteiger partial charge in [0, 0.05) is 6.42 Å². The zero-order chi connectivity index (χ0) is 32.1. The Hall–Kier alpha value is -4.45. The van der Waals surface area contributed by atoms with Gasteiger partial charge in [0.2, 0.25) is 23.6 Å². The summed E-state index contributed by atoms with van der Waals surface area (Å²) in [7, 11) is 0. The van der Waals surface area contributed by atoms with Crippen LogP contribution in [0.25, 0.3) is 0 Å². The number of carboxylic acid groups (broad SMARTS) is 1. The zero-order valence-electron chi connectivity index (χ0n) is 25.0. The molecule has 2 aromatic carbocycles. The fourth-order valence-corrected chi connectivity index (χ4v) is 4.29. The third-order valence-corrected chi connectivity index (χ3v) is 7.11. The van der Waals surface area contributed by atoms with Gasteiger partial charge in [-0.15, -0.1) is 0 Å². The maximum absolute atomic E-state index is 13.4. The third kappa shape index (κ3) is 11.4. The van der Waals surface area contributed by atoms with Crippen LogP contribution in [-0.4, -0.2) is 70.5 Å². The molecule has 234 valence electrons. The molecule has 0 aliphatic carbocycles. The maximum atomic E-state index is 13.4. The number of benzene rings is 2. The van der Waals surface area contributed by atoms with Crippen LogP contribution in [-0.2, 0) is 36.8 Å². The summed E-state index contributed by atoms with van der Waals surface area (Å²) >= 11 is 0. The molecular weight excluding hydrogens is 554 g/mol. The smallest absolute Gasteiger partial charge is 0.326 e. The van der Waals surface area contributed by atoms with E-state index in [9.17, 15) is 34.2 Å². The highest BCUT2D eigenvalue weighted by atomic mass is 16.4. The van der Waals surface area contributed by atoms with Gasteiger partial charge < -0.3 is 37.2 Å². The van der Waals surface area contributed by atoms with Gasteiger partial charge >= 0.3 is 5.97 Å². The van der Waals surface area contributed by atoms with Crippen molar-refractivity contribution in [3.8, 4) is 5.75 Å². The Morgan fingerprint density at radius 3 is 1.93 bits per heavy atom. The van der Waals surface area contributed by atoms with Crippen molar-refractivity contribution in [2.45, 2.75) is 71.1 Å². The summed E-state index contributed by atoms with van der Waals surface area (Å²) < 4.78 is 0. The summed E-state index contributed by atoms with van der Waals surface area (Å²) in [5.74, 6) is -4.31. The molecular formula is C31H43N5O7. The second kappa shape index (κ2) is 16.9. The number of carboxylic acids is 1. The summed E-state index contributed by atoms with van der Waals surface area (Å²) in [6, 6.07) is 10.9. The fourth-order valence-electron chi connectivity index (χ4n) is 4.29. The number of rotatable bonds is 16. The van der Waals surface area contributed by atoms with Gasteiger partial charge in [0.05, 0.1) is 12.6 Å². The van der Waals surface area contributed by atoms with E-state index in [1.54, 1.807) is 57.2 Å². The van der Waals surface area contributed by atoms with E-state index in [0.29, 0.717) is 6.42 Å². The quantitative estimate of drug-likeness (QED) is 0.148. The lowest BCUT2D eigenvalue weighted by molar-refractivity contribution is -0.143. The summed E-state index contributed by atoms with van der Waals surface area (Å²) in [5, 5.41) is 29.3. The van der Waals surface area contributed by atoms with E-state index in [1.165, 1.54) is 12.1 Å². The minimum Gasteiger partial charge on any atom is -0.508 e. The van der Waals surface area contributed by atoms with Crippen LogP contribution in [0.2, 0.25) is 0 Å². The average Bonchev–Trinajstić information content (AvgIpc) is 2.97. The predicted octanol–water partition coefficient (Wildman–Crippen LogP) is 0.862. The van der Waals surface area contributed by atoms with Crippen LogP contribution in [0.15, 0.2) is 54.6 Å². The van der Waals surface area contributed by atoms with Gasteiger partial charge in [-0.25, -0.2) is 4.79 Å². The number of aliphatic carboxylic acids is 1. The first kappa shape index (κ1) is 34.7. The second-order valence-electron chi connectivity index (χ2n) is 10.9. The molecule has 0 spiro atoms. The standard InChI is InChI=1S/C31H43N5O7/c1-5-19(4)27(31(42)43)36-29(40)24(16-20-9-7-6-8-10-20)34-30(41)26(18(2)3)35-25(38)17-33-28(39)23(32)15-21-11-13-22(37)14-12-21/h6-14,18-19,23-24,26-27,37H,5,15-17,32H2,1-4H3,(H,33,39)(H,34,41)(H,35,38)(H,36,40)(H,42,43)/t19-,23-,24-,26-,27-/m0/s1. The molecule has 0 unspecified atom stereocenters. The molecule has 8 N–H and O–H groups in total. The van der Waals surface area contributed by atoms with Crippen molar-refractivity contribution >= 4 is 29.6 Å². The van der Waals surface area contributed by atoms with Gasteiger partial charge in [-0.1, -0.05) is 76.6 Å². The molecule has 0 aliphatic rings. The van der Waals surface area contributed by atoms with Crippen LogP contribution in [0.5, 0.6) is 5.75 Å². The third-order valence-electron chi connectivity index (χ3n) is 7.11. The van der Waals surface area contributed by atoms with E-state index in [1.807, 2.05) is 13.0 Å². The van der Waals surface area contributed by atoms with Gasteiger partial charge in [-0.05, 0) is 41.5 Å². The van der Waals surface area contributed by atoms with Crippen molar-refractivity contribution in [2.75, 3.05) is 6.54 Å². The molecule has 43 heavy (non-hydrogen) atoms. The minimum absolute atomic E-state index is 0.0877. The lowest BCUT2D eigenvalue weighted by atomic mass is 9.97. The van der Waals surface area contributed by atoms with Crippen molar-refractivity contribution < 1.29 is 34.2 Å². The van der Waals surface area contributed by atoms with Crippen LogP contribution >= 0.6 is 0 Å². The summed E-state index contributed by atoms with van der Waals surface area (Å²) in [5.41, 5.74) is 7.43. The van der Waals surface area contributed by atoms with E-state index in [4.69, 9.17) is 5.73 Å². The Morgan fingerprint density at radius 2 is 1.37 bits per heavy atom. The molecule has 2 aromatic rings. The van der Waals surface area contributed by atoms with E-state index in [0.717, 1.165) is 11.1 Å². The van der Waals surface area contributed by atoms with Crippen LogP contribution < -0.4 is 27.0 Å². The number of carbonyl (C=O) groups excluding carboxylic acids is 4. The predicted molar refractivity (Wildman–Crippen MR) is 161 cm³/mol. The number of phenols is 1. The highest BCUT2D eigenvalue weighted by molar-refractivity contribution is 5.94. The molecule has 0 aromatic heterocycles. The average molecular weight is 598 g/mol. The Morgan fingerprint density at radius 1 is 0.767 bits per heavy atom. The minimum atomic E-state index is -1.18. The van der Waals surface area contributed by atoms with Crippen molar-refractivity contribution in [3.63, 3.8) is 0 Å². The first-order chi connectivity index (χ1) is 20.3. The molecule has 0 radical (unpaired) electrons. The molecule has 12 heteroatoms. The Labute approximate surface area is 251 Å². The lowest BCUT2D eigenvalue weighted by Crippen LogP contribution is -2.59. The Kier molecular flexibility index (Phi) is 13.6. The molecule has 0 saturated carbocycles. The van der Waals surface area contributed by atoms with Crippen LogP contribution in [0.4, 0.5) is 0 Å². The van der Waals surface area contributed by atoms with Gasteiger partial charge in [0.15, 0.2) is 0 Å². The van der Waals surface area contributed by atoms with Gasteiger partial charge in [-0.2, -0.15) is 0 Å². The first-order valence-corrected chi connectivity index (χ1v) is 14.3. The van der Waals surface area contributed by atoms with Crippen LogP contribution in [0, 0.1) is 11.8 Å². The lowest BCUT2D eigenvalue weighted by Gasteiger charge is -2.27. The van der Waals surface area contributed by atoms with Crippen molar-refractivity contribution in [1.82, 2.24) is 21.3 Å². The van der Waals surface area contributed by atoms with E-state index in [2.05, 4.69) is 21.3 Å². The van der Waals surface area contributed by atoms with E-state index in [-0.39, 0.29) is 30.4 Å². The summed E-state index contributed by atoms with van der Waals surface area (Å²) in [4.78, 5) is 63.6. The SMILES string of the molecule is CC[C@H](C)[C@H](NC(=O)[C@H](Cc1ccccc1)NC(=O)[C@@H](NC(=O)CNC(=O)[C@@H](N)Cc1ccc(O)cc1)C(C)C)C(=O)O. The van der Waals surface area contributed by atoms with Crippen molar-refractivity contribution in [2.24, 2.45) is 17.6 Å². The number of hydrogen-bond acceptors (Lipinski definition) is 7. The zero-order valence-corrected chi connectivity index (χ0v) is 25.0. The highest BCUT2D eigenvalue weighted by Crippen LogP contribution is 2.12. The van der Waals surface area contributed by atoms with E-state index < -0.39 is 60.3 Å². The normalized spacial score (nSPS) is 14.5. The maximum Gasteiger partial charge on any atom is 0.326 e. The topological polar surface area (TPSA) is 200 Å². The monoisotopic (exact) mass is 597 g/mol. The van der Waals surface area contributed by atoms with Crippen LogP contribution in [0.3, 0.4) is 0 Å². The second-order valence-corrected chi connectivity index (χ2v) is 10.9. The fraction of sp³-hybridized carbons (Fsp3) is 0.452. The highest BCUT2D eigenvalue weighted by Gasteiger charge is 2.32. The number of phenolic OH excluding ortho intramolecular Hbond substituents is 1. The molecule has 4 amide bonds. The summed E-state index contributed by atoms with van der Waals surface area (Å²) in [6.45, 7) is 6.53. The summed E-state index contributed by atoms with van der Waals surface area (Å²) in [6.07, 6.45) is 0.807. The Balaban J connectivity index is 2.07. The molecule has 5 atom stereocenters. The molecule has 12 nitrogen and oxygen atoms in total. The number of aromatic hydroxyl groups is 1. The molecule has 2 rings (SSSR count). The largest absolute Gasteiger partial charge is 0.508 e. The molecule has 0 aliphatic heterocycles. The Bertz CT molecular complexity index is 1240. The molecule has 0 heterocycles. The number of hydrogen-bond donors (Lipinski definition) is 7. The van der Waals surface area contributed by atoms with E-state index >= 15 is 0 Å².